The molecule has 6 heteroatoms. The molecule has 0 radical (unpaired) electrons. The quantitative estimate of drug-likeness (QED) is 0.613. The summed E-state index contributed by atoms with van der Waals surface area (Å²) in [5.41, 5.74) is 0.351. The van der Waals surface area contributed by atoms with Crippen LogP contribution in [0.15, 0.2) is 29.3 Å². The Balaban J connectivity index is 1.85. The van der Waals surface area contributed by atoms with Gasteiger partial charge < -0.3 is 4.74 Å². The van der Waals surface area contributed by atoms with Crippen molar-refractivity contribution in [2.24, 2.45) is 4.99 Å². The van der Waals surface area contributed by atoms with E-state index < -0.39 is 15.4 Å². The summed E-state index contributed by atoms with van der Waals surface area (Å²) >= 11 is 0. The molecule has 1 aliphatic heterocycles. The molecule has 0 N–H and O–H groups in total. The van der Waals surface area contributed by atoms with Crippen molar-refractivity contribution >= 4 is 15.9 Å². The molecule has 3 rings (SSSR count). The number of benzene rings is 1. The number of isocyanates is 1. The van der Waals surface area contributed by atoms with Crippen LogP contribution < -0.4 is 4.74 Å². The highest BCUT2D eigenvalue weighted by Crippen LogP contribution is 2.52. The van der Waals surface area contributed by atoms with Crippen molar-refractivity contribution in [1.82, 2.24) is 0 Å². The van der Waals surface area contributed by atoms with E-state index in [1.165, 1.54) is 0 Å². The highest BCUT2D eigenvalue weighted by molar-refractivity contribution is 7.92. The fraction of sp³-hybridized carbons (Fsp3) is 0.462. The number of aliphatic imine (C=N–C) groups is 1. The SMILES string of the molecule is O=C=NC1(c2ccccc2OC2CS(=O)(=O)C2)CC1. The second-order valence-corrected chi connectivity index (χ2v) is 7.20. The van der Waals surface area contributed by atoms with Crippen LogP contribution in [0.25, 0.3) is 0 Å². The molecule has 1 saturated carbocycles. The van der Waals surface area contributed by atoms with Gasteiger partial charge in [-0.3, -0.25) is 0 Å². The summed E-state index contributed by atoms with van der Waals surface area (Å²) in [6.07, 6.45) is 2.92. The summed E-state index contributed by atoms with van der Waals surface area (Å²) in [6.45, 7) is 0. The summed E-state index contributed by atoms with van der Waals surface area (Å²) in [7, 11) is -2.90. The van der Waals surface area contributed by atoms with Crippen LogP contribution in [0.3, 0.4) is 0 Å². The lowest BCUT2D eigenvalue weighted by atomic mass is 10.0. The largest absolute Gasteiger partial charge is 0.488 e. The Kier molecular flexibility index (Phi) is 2.73. The first kappa shape index (κ1) is 12.4. The summed E-state index contributed by atoms with van der Waals surface area (Å²) in [5, 5.41) is 0. The van der Waals surface area contributed by atoms with Crippen LogP contribution in [0, 0.1) is 0 Å². The minimum absolute atomic E-state index is 0.0608. The van der Waals surface area contributed by atoms with Gasteiger partial charge in [0, 0.05) is 5.56 Å². The standard InChI is InChI=1S/C13H13NO4S/c15-9-14-13(5-6-13)11-3-1-2-4-12(11)18-10-7-19(16,17)8-10/h1-4,10H,5-8H2. The molecule has 0 aromatic heterocycles. The topological polar surface area (TPSA) is 72.8 Å². The van der Waals surface area contributed by atoms with E-state index in [-0.39, 0.29) is 17.6 Å². The number of hydrogen-bond donors (Lipinski definition) is 0. The van der Waals surface area contributed by atoms with Crippen molar-refractivity contribution in [1.29, 1.82) is 0 Å². The average Bonchev–Trinajstić information content (AvgIpc) is 3.09. The number of para-hydroxylation sites is 1. The third-order valence-corrected chi connectivity index (χ3v) is 5.30. The second kappa shape index (κ2) is 4.18. The number of hydrogen-bond acceptors (Lipinski definition) is 5. The molecule has 1 saturated heterocycles. The van der Waals surface area contributed by atoms with E-state index in [1.807, 2.05) is 18.2 Å². The van der Waals surface area contributed by atoms with Crippen molar-refractivity contribution in [2.45, 2.75) is 24.5 Å². The van der Waals surface area contributed by atoms with Crippen LogP contribution >= 0.6 is 0 Å². The van der Waals surface area contributed by atoms with E-state index in [1.54, 1.807) is 12.1 Å². The van der Waals surface area contributed by atoms with Crippen molar-refractivity contribution in [3.8, 4) is 5.75 Å². The summed E-state index contributed by atoms with van der Waals surface area (Å²) in [4.78, 5) is 14.4. The van der Waals surface area contributed by atoms with E-state index in [2.05, 4.69) is 4.99 Å². The zero-order chi connectivity index (χ0) is 13.5. The summed E-state index contributed by atoms with van der Waals surface area (Å²) < 4.78 is 28.0. The van der Waals surface area contributed by atoms with E-state index in [9.17, 15) is 13.2 Å². The smallest absolute Gasteiger partial charge is 0.235 e. The molecule has 0 atom stereocenters. The lowest BCUT2D eigenvalue weighted by Crippen LogP contribution is -2.45. The molecule has 1 aromatic carbocycles. The minimum Gasteiger partial charge on any atom is -0.488 e. The van der Waals surface area contributed by atoms with E-state index in [0.29, 0.717) is 5.75 Å². The Labute approximate surface area is 111 Å². The van der Waals surface area contributed by atoms with Crippen LogP contribution in [0.2, 0.25) is 0 Å². The van der Waals surface area contributed by atoms with Gasteiger partial charge in [-0.2, -0.15) is 4.99 Å². The molecule has 100 valence electrons. The summed E-state index contributed by atoms with van der Waals surface area (Å²) in [5.74, 6) is 0.746. The molecule has 0 unspecified atom stereocenters. The summed E-state index contributed by atoms with van der Waals surface area (Å²) in [6, 6.07) is 7.35. The first-order valence-corrected chi connectivity index (χ1v) is 7.92. The fourth-order valence-corrected chi connectivity index (χ4v) is 3.54. The van der Waals surface area contributed by atoms with Crippen molar-refractivity contribution in [2.75, 3.05) is 11.5 Å². The van der Waals surface area contributed by atoms with Crippen LogP contribution in [0.4, 0.5) is 0 Å². The number of nitrogens with zero attached hydrogens (tertiary/aromatic N) is 1. The Hall–Kier alpha value is -1.65. The highest BCUT2D eigenvalue weighted by atomic mass is 32.2. The molecular weight excluding hydrogens is 266 g/mol. The number of carbonyl (C=O) groups excluding carboxylic acids is 1. The average molecular weight is 279 g/mol. The van der Waals surface area contributed by atoms with E-state index in [0.717, 1.165) is 18.4 Å². The molecule has 19 heavy (non-hydrogen) atoms. The fourth-order valence-electron chi connectivity index (χ4n) is 2.37. The number of ether oxygens (including phenoxy) is 1. The van der Waals surface area contributed by atoms with Gasteiger partial charge in [0.2, 0.25) is 6.08 Å². The lowest BCUT2D eigenvalue weighted by Gasteiger charge is -2.28. The minimum atomic E-state index is -2.90. The van der Waals surface area contributed by atoms with E-state index in [4.69, 9.17) is 4.74 Å². The predicted octanol–water partition coefficient (Wildman–Crippen LogP) is 1.19. The van der Waals surface area contributed by atoms with Gasteiger partial charge in [-0.15, -0.1) is 0 Å². The van der Waals surface area contributed by atoms with Crippen molar-refractivity contribution in [3.05, 3.63) is 29.8 Å². The predicted molar refractivity (Wildman–Crippen MR) is 68.5 cm³/mol. The molecule has 0 spiro atoms. The molecule has 0 bridgehead atoms. The Bertz CT molecular complexity index is 645. The van der Waals surface area contributed by atoms with Crippen molar-refractivity contribution < 1.29 is 17.9 Å². The van der Waals surface area contributed by atoms with Gasteiger partial charge in [-0.25, -0.2) is 13.2 Å². The van der Waals surface area contributed by atoms with Gasteiger partial charge in [-0.1, -0.05) is 18.2 Å². The van der Waals surface area contributed by atoms with Crippen LogP contribution in [0.1, 0.15) is 18.4 Å². The monoisotopic (exact) mass is 279 g/mol. The van der Waals surface area contributed by atoms with Crippen LogP contribution in [-0.2, 0) is 20.2 Å². The van der Waals surface area contributed by atoms with Gasteiger partial charge in [0.25, 0.3) is 0 Å². The lowest BCUT2D eigenvalue weighted by molar-refractivity contribution is 0.226. The third kappa shape index (κ3) is 2.29. The number of sulfone groups is 1. The number of rotatable bonds is 4. The van der Waals surface area contributed by atoms with Gasteiger partial charge in [-0.05, 0) is 18.9 Å². The Morgan fingerprint density at radius 2 is 1.95 bits per heavy atom. The first-order chi connectivity index (χ1) is 9.05. The maximum atomic E-state index is 11.1. The zero-order valence-electron chi connectivity index (χ0n) is 10.2. The molecular formula is C13H13NO4S. The van der Waals surface area contributed by atoms with Crippen molar-refractivity contribution in [3.63, 3.8) is 0 Å². The zero-order valence-corrected chi connectivity index (χ0v) is 11.0. The maximum Gasteiger partial charge on any atom is 0.235 e. The molecule has 1 aliphatic carbocycles. The maximum absolute atomic E-state index is 11.1. The Morgan fingerprint density at radius 1 is 1.26 bits per heavy atom. The first-order valence-electron chi connectivity index (χ1n) is 6.10. The molecule has 2 fully saturated rings. The van der Waals surface area contributed by atoms with Gasteiger partial charge in [0.15, 0.2) is 9.84 Å². The normalized spacial score (nSPS) is 22.9. The molecule has 5 nitrogen and oxygen atoms in total. The third-order valence-electron chi connectivity index (χ3n) is 3.54. The molecule has 0 amide bonds. The van der Waals surface area contributed by atoms with Gasteiger partial charge in [0.05, 0.1) is 11.5 Å². The Morgan fingerprint density at radius 3 is 2.53 bits per heavy atom. The molecule has 1 aromatic rings. The van der Waals surface area contributed by atoms with E-state index >= 15 is 0 Å². The molecule has 1 heterocycles. The second-order valence-electron chi connectivity index (χ2n) is 5.05. The van der Waals surface area contributed by atoms with Crippen LogP contribution in [-0.4, -0.2) is 32.1 Å². The highest BCUT2D eigenvalue weighted by Gasteiger charge is 2.47. The van der Waals surface area contributed by atoms with Gasteiger partial charge >= 0.3 is 0 Å². The molecule has 2 aliphatic rings. The van der Waals surface area contributed by atoms with Crippen LogP contribution in [0.5, 0.6) is 5.75 Å². The van der Waals surface area contributed by atoms with Gasteiger partial charge in [0.1, 0.15) is 17.4 Å².